The monoisotopic (exact) mass is 413 g/mol. The van der Waals surface area contributed by atoms with Crippen LogP contribution in [0.25, 0.3) is 11.0 Å². The Kier molecular flexibility index (Phi) is 5.92. The van der Waals surface area contributed by atoms with E-state index in [1.165, 1.54) is 6.08 Å². The third-order valence-electron chi connectivity index (χ3n) is 4.26. The molecule has 1 saturated heterocycles. The highest BCUT2D eigenvalue weighted by Crippen LogP contribution is 2.23. The minimum absolute atomic E-state index is 0.248. The van der Waals surface area contributed by atoms with Crippen LogP contribution in [-0.4, -0.2) is 28.6 Å². The predicted molar refractivity (Wildman–Crippen MR) is 107 cm³/mol. The Bertz CT molecular complexity index is 915. The molecule has 1 fully saturated rings. The van der Waals surface area contributed by atoms with Crippen molar-refractivity contribution in [2.45, 2.75) is 32.3 Å². The third-order valence-corrected chi connectivity index (χ3v) is 4.91. The Morgan fingerprint density at radius 2 is 2.42 bits per heavy atom. The number of hydrogen-bond donors (Lipinski definition) is 2. The number of hydrogen-bond acceptors (Lipinski definition) is 3. The predicted octanol–water partition coefficient (Wildman–Crippen LogP) is 4.08. The van der Waals surface area contributed by atoms with Crippen molar-refractivity contribution in [1.82, 2.24) is 9.97 Å². The zero-order chi connectivity index (χ0) is 18.5. The number of anilines is 1. The van der Waals surface area contributed by atoms with E-state index in [0.717, 1.165) is 42.6 Å². The number of carbonyl (C=O) groups excluding carboxylic acids is 1. The van der Waals surface area contributed by atoms with E-state index in [4.69, 9.17) is 11.2 Å². The number of fused-ring (bicyclic) bond motifs is 1. The van der Waals surface area contributed by atoms with Crippen molar-refractivity contribution in [1.29, 1.82) is 0 Å². The van der Waals surface area contributed by atoms with Gasteiger partial charge in [0.1, 0.15) is 5.65 Å². The minimum Gasteiger partial charge on any atom is -0.378 e. The fourth-order valence-electron chi connectivity index (χ4n) is 3.03. The number of ether oxygens (including phenoxy) is 1. The number of halogens is 1. The summed E-state index contributed by atoms with van der Waals surface area (Å²) in [6.07, 6.45) is 13.4. The molecule has 3 heterocycles. The second-order valence-electron chi connectivity index (χ2n) is 6.11. The second-order valence-corrected chi connectivity index (χ2v) is 6.97. The average molecular weight is 414 g/mol. The first-order valence-corrected chi connectivity index (χ1v) is 9.29. The fourth-order valence-corrected chi connectivity index (χ4v) is 3.57. The van der Waals surface area contributed by atoms with Gasteiger partial charge in [-0.15, -0.1) is 6.42 Å². The highest BCUT2D eigenvalue weighted by atomic mass is 79.9. The van der Waals surface area contributed by atoms with E-state index >= 15 is 0 Å². The average Bonchev–Trinajstić information content (AvgIpc) is 3.24. The van der Waals surface area contributed by atoms with E-state index in [0.29, 0.717) is 15.7 Å². The van der Waals surface area contributed by atoms with E-state index in [9.17, 15) is 4.79 Å². The maximum atomic E-state index is 12.5. The van der Waals surface area contributed by atoms with Crippen LogP contribution in [0, 0.1) is 12.3 Å². The van der Waals surface area contributed by atoms with Crippen molar-refractivity contribution in [2.24, 2.45) is 0 Å². The van der Waals surface area contributed by atoms with Crippen LogP contribution in [0.5, 0.6) is 0 Å². The van der Waals surface area contributed by atoms with Crippen molar-refractivity contribution in [2.75, 3.05) is 11.9 Å². The molecule has 0 aromatic carbocycles. The molecule has 1 atom stereocenters. The van der Waals surface area contributed by atoms with Crippen molar-refractivity contribution in [3.63, 3.8) is 0 Å². The normalized spacial score (nSPS) is 18.1. The Morgan fingerprint density at radius 1 is 1.58 bits per heavy atom. The van der Waals surface area contributed by atoms with Crippen molar-refractivity contribution >= 4 is 38.6 Å². The highest BCUT2D eigenvalue weighted by molar-refractivity contribution is 9.12. The molecule has 2 N–H and O–H groups in total. The van der Waals surface area contributed by atoms with Crippen molar-refractivity contribution in [3.8, 4) is 12.3 Å². The number of carbonyl (C=O) groups is 1. The first-order valence-electron chi connectivity index (χ1n) is 8.49. The van der Waals surface area contributed by atoms with Gasteiger partial charge in [0, 0.05) is 34.7 Å². The lowest BCUT2D eigenvalue weighted by Crippen LogP contribution is -2.14. The molecule has 3 rings (SSSR count). The summed E-state index contributed by atoms with van der Waals surface area (Å²) in [5, 5.41) is 3.81. The van der Waals surface area contributed by atoms with E-state index in [2.05, 4.69) is 43.2 Å². The standard InChI is InChI=1S/C20H20BrN3O2/c1-3-6-18(21)17(4-2)20(25)24-15-10-13-9-14(23-19(13)22-12-15)11-16-7-5-8-26-16/h1,4,6,9-10,12,16H,5,7-8,11H2,2H3,(H,22,23)(H,24,25). The van der Waals surface area contributed by atoms with E-state index in [-0.39, 0.29) is 12.0 Å². The molecule has 134 valence electrons. The molecule has 0 saturated carbocycles. The molecule has 1 aliphatic rings. The molecule has 26 heavy (non-hydrogen) atoms. The molecule has 0 radical (unpaired) electrons. The highest BCUT2D eigenvalue weighted by Gasteiger charge is 2.17. The maximum Gasteiger partial charge on any atom is 0.256 e. The van der Waals surface area contributed by atoms with Gasteiger partial charge in [-0.3, -0.25) is 4.79 Å². The molecule has 0 spiro atoms. The molecule has 1 amide bonds. The number of amides is 1. The van der Waals surface area contributed by atoms with E-state index in [1.807, 2.05) is 6.07 Å². The van der Waals surface area contributed by atoms with Crippen molar-refractivity contribution < 1.29 is 9.53 Å². The molecule has 1 unspecified atom stereocenters. The number of aromatic nitrogens is 2. The molecule has 2 aromatic rings. The number of allylic oxidation sites excluding steroid dienone is 2. The number of rotatable bonds is 5. The van der Waals surface area contributed by atoms with E-state index < -0.39 is 0 Å². The Hall–Kier alpha value is -2.36. The van der Waals surface area contributed by atoms with Crippen LogP contribution in [0.15, 0.2) is 40.5 Å². The zero-order valence-corrected chi connectivity index (χ0v) is 16.1. The van der Waals surface area contributed by atoms with Crippen LogP contribution in [0.1, 0.15) is 25.5 Å². The Balaban J connectivity index is 1.75. The van der Waals surface area contributed by atoms with Crippen LogP contribution in [0.4, 0.5) is 5.69 Å². The van der Waals surface area contributed by atoms with Gasteiger partial charge in [-0.2, -0.15) is 0 Å². The lowest BCUT2D eigenvalue weighted by atomic mass is 10.1. The summed E-state index contributed by atoms with van der Waals surface area (Å²) in [5.41, 5.74) is 2.99. The molecular weight excluding hydrogens is 394 g/mol. The molecule has 6 heteroatoms. The summed E-state index contributed by atoms with van der Waals surface area (Å²) < 4.78 is 6.25. The quantitative estimate of drug-likeness (QED) is 0.440. The Morgan fingerprint density at radius 3 is 3.12 bits per heavy atom. The topological polar surface area (TPSA) is 67.0 Å². The molecular formula is C20H20BrN3O2. The summed E-state index contributed by atoms with van der Waals surface area (Å²) in [6, 6.07) is 3.96. The molecule has 5 nitrogen and oxygen atoms in total. The molecule has 1 aliphatic heterocycles. The summed E-state index contributed by atoms with van der Waals surface area (Å²) >= 11 is 3.32. The van der Waals surface area contributed by atoms with Gasteiger partial charge in [0.15, 0.2) is 0 Å². The maximum absolute atomic E-state index is 12.5. The number of terminal acetylenes is 1. The summed E-state index contributed by atoms with van der Waals surface area (Å²) in [7, 11) is 0. The zero-order valence-electron chi connectivity index (χ0n) is 14.5. The number of nitrogens with zero attached hydrogens (tertiary/aromatic N) is 1. The van der Waals surface area contributed by atoms with Gasteiger partial charge in [0.05, 0.1) is 23.6 Å². The first-order chi connectivity index (χ1) is 12.6. The number of pyridine rings is 1. The summed E-state index contributed by atoms with van der Waals surface area (Å²) in [5.74, 6) is 2.15. The third kappa shape index (κ3) is 4.24. The molecule has 0 aliphatic carbocycles. The lowest BCUT2D eigenvalue weighted by Gasteiger charge is -2.07. The SMILES string of the molecule is C#CC=C(Br)C(=CC)C(=O)Nc1cnc2[nH]c(CC3CCCO3)cc2c1. The van der Waals surface area contributed by atoms with Gasteiger partial charge in [-0.05, 0) is 47.8 Å². The molecule has 0 bridgehead atoms. The van der Waals surface area contributed by atoms with Gasteiger partial charge >= 0.3 is 0 Å². The van der Waals surface area contributed by atoms with Crippen LogP contribution in [-0.2, 0) is 16.0 Å². The van der Waals surface area contributed by atoms with Gasteiger partial charge in [0.25, 0.3) is 5.91 Å². The smallest absolute Gasteiger partial charge is 0.256 e. The van der Waals surface area contributed by atoms with Gasteiger partial charge < -0.3 is 15.0 Å². The Labute approximate surface area is 161 Å². The van der Waals surface area contributed by atoms with Crippen LogP contribution in [0.2, 0.25) is 0 Å². The lowest BCUT2D eigenvalue weighted by molar-refractivity contribution is -0.112. The van der Waals surface area contributed by atoms with Gasteiger partial charge in [-0.1, -0.05) is 12.0 Å². The number of aromatic amines is 1. The van der Waals surface area contributed by atoms with Gasteiger partial charge in [0.2, 0.25) is 0 Å². The summed E-state index contributed by atoms with van der Waals surface area (Å²) in [4.78, 5) is 20.2. The summed E-state index contributed by atoms with van der Waals surface area (Å²) in [6.45, 7) is 2.63. The second kappa shape index (κ2) is 8.35. The molecule has 2 aromatic heterocycles. The van der Waals surface area contributed by atoms with Crippen LogP contribution in [0.3, 0.4) is 0 Å². The largest absolute Gasteiger partial charge is 0.378 e. The number of H-pyrrole nitrogens is 1. The minimum atomic E-state index is -0.248. The van der Waals surface area contributed by atoms with Crippen molar-refractivity contribution in [3.05, 3.63) is 46.2 Å². The first kappa shape index (κ1) is 18.4. The van der Waals surface area contributed by atoms with E-state index in [1.54, 1.807) is 19.2 Å². The van der Waals surface area contributed by atoms with Crippen LogP contribution < -0.4 is 5.32 Å². The van der Waals surface area contributed by atoms with Gasteiger partial charge in [-0.25, -0.2) is 4.98 Å². The van der Waals surface area contributed by atoms with Crippen LogP contribution >= 0.6 is 15.9 Å². The fraction of sp³-hybridized carbons (Fsp3) is 0.300. The number of nitrogens with one attached hydrogen (secondary N) is 2.